The van der Waals surface area contributed by atoms with E-state index in [0.29, 0.717) is 18.2 Å². The van der Waals surface area contributed by atoms with Crippen molar-refractivity contribution in [3.63, 3.8) is 0 Å². The summed E-state index contributed by atoms with van der Waals surface area (Å²) in [5.74, 6) is -0.209. The Balaban J connectivity index is 1.99. The molecular formula is C22H20F3N5O2. The molecule has 0 aliphatic carbocycles. The molecular weight excluding hydrogens is 423 g/mol. The number of carbonyl (C=O) groups is 2. The third-order valence-corrected chi connectivity index (χ3v) is 4.54. The van der Waals surface area contributed by atoms with E-state index in [4.69, 9.17) is 0 Å². The molecule has 10 heteroatoms. The summed E-state index contributed by atoms with van der Waals surface area (Å²) in [7, 11) is 1.43. The number of para-hydroxylation sites is 1. The molecule has 0 aliphatic rings. The maximum Gasteiger partial charge on any atom is 0.419 e. The van der Waals surface area contributed by atoms with Crippen LogP contribution in [0.2, 0.25) is 0 Å². The van der Waals surface area contributed by atoms with Gasteiger partial charge in [-0.05, 0) is 24.3 Å². The highest BCUT2D eigenvalue weighted by atomic mass is 19.4. The highest BCUT2D eigenvalue weighted by Gasteiger charge is 2.34. The molecule has 166 valence electrons. The number of alkyl halides is 3. The fourth-order valence-electron chi connectivity index (χ4n) is 2.93. The number of pyridine rings is 2. The number of halogens is 3. The maximum atomic E-state index is 13.6. The number of aromatic nitrogens is 2. The number of hydrogen-bond acceptors (Lipinski definition) is 6. The number of nitrogens with one attached hydrogen (secondary N) is 3. The van der Waals surface area contributed by atoms with E-state index < -0.39 is 17.6 Å². The molecule has 0 bridgehead atoms. The van der Waals surface area contributed by atoms with Gasteiger partial charge in [-0.3, -0.25) is 9.59 Å². The number of amides is 1. The first-order valence-electron chi connectivity index (χ1n) is 9.64. The van der Waals surface area contributed by atoms with Crippen molar-refractivity contribution in [1.82, 2.24) is 15.3 Å². The van der Waals surface area contributed by atoms with Gasteiger partial charge in [-0.15, -0.1) is 0 Å². The van der Waals surface area contributed by atoms with Crippen molar-refractivity contribution in [2.45, 2.75) is 19.5 Å². The van der Waals surface area contributed by atoms with Crippen LogP contribution in [0.25, 0.3) is 0 Å². The molecule has 3 aromatic rings. The summed E-state index contributed by atoms with van der Waals surface area (Å²) in [5.41, 5.74) is -0.496. The number of rotatable bonds is 7. The Morgan fingerprint density at radius 1 is 0.969 bits per heavy atom. The topological polar surface area (TPSA) is 96.0 Å². The van der Waals surface area contributed by atoms with Gasteiger partial charge in [0.05, 0.1) is 22.5 Å². The molecule has 0 unspecified atom stereocenters. The van der Waals surface area contributed by atoms with Crippen LogP contribution in [0.5, 0.6) is 0 Å². The van der Waals surface area contributed by atoms with Crippen molar-refractivity contribution < 1.29 is 22.8 Å². The lowest BCUT2D eigenvalue weighted by atomic mass is 10.1. The smallest absolute Gasteiger partial charge is 0.355 e. The van der Waals surface area contributed by atoms with Crippen molar-refractivity contribution >= 4 is 34.7 Å². The quantitative estimate of drug-likeness (QED) is 0.448. The normalized spacial score (nSPS) is 11.0. The van der Waals surface area contributed by atoms with Crippen LogP contribution in [-0.2, 0) is 6.18 Å². The minimum atomic E-state index is -4.68. The second kappa shape index (κ2) is 9.46. The Bertz CT molecular complexity index is 1150. The Labute approximate surface area is 182 Å². The van der Waals surface area contributed by atoms with E-state index in [9.17, 15) is 22.8 Å². The van der Waals surface area contributed by atoms with Crippen molar-refractivity contribution in [2.24, 2.45) is 0 Å². The van der Waals surface area contributed by atoms with Gasteiger partial charge in [-0.2, -0.15) is 13.2 Å². The number of hydrogen-bond donors (Lipinski definition) is 3. The minimum absolute atomic E-state index is 0.0755. The van der Waals surface area contributed by atoms with Gasteiger partial charge in [0.15, 0.2) is 5.78 Å². The Kier molecular flexibility index (Phi) is 6.72. The van der Waals surface area contributed by atoms with Crippen LogP contribution < -0.4 is 16.0 Å². The zero-order valence-corrected chi connectivity index (χ0v) is 17.2. The van der Waals surface area contributed by atoms with E-state index in [2.05, 4.69) is 25.9 Å². The second-order valence-corrected chi connectivity index (χ2v) is 6.69. The zero-order valence-electron chi connectivity index (χ0n) is 17.2. The Morgan fingerprint density at radius 3 is 2.38 bits per heavy atom. The van der Waals surface area contributed by atoms with E-state index in [-0.39, 0.29) is 34.4 Å². The van der Waals surface area contributed by atoms with E-state index in [1.165, 1.54) is 37.5 Å². The van der Waals surface area contributed by atoms with Gasteiger partial charge in [0.25, 0.3) is 5.91 Å². The summed E-state index contributed by atoms with van der Waals surface area (Å²) in [6.45, 7) is 1.72. The van der Waals surface area contributed by atoms with Crippen molar-refractivity contribution in [3.05, 3.63) is 71.5 Å². The summed E-state index contributed by atoms with van der Waals surface area (Å²) in [6, 6.07) is 10.4. The SMILES string of the molecule is CCC(=O)c1ccnc(Nc2cc(Nc3ccccc3C(=O)NC)c(C(F)(F)F)cn2)c1. The third-order valence-electron chi connectivity index (χ3n) is 4.54. The lowest BCUT2D eigenvalue weighted by Crippen LogP contribution is -2.19. The molecule has 1 amide bonds. The molecule has 0 spiro atoms. The lowest BCUT2D eigenvalue weighted by Gasteiger charge is -2.17. The summed E-state index contributed by atoms with van der Waals surface area (Å²) < 4.78 is 40.8. The average molecular weight is 443 g/mol. The molecule has 2 heterocycles. The van der Waals surface area contributed by atoms with Crippen LogP contribution in [0.15, 0.2) is 54.9 Å². The van der Waals surface area contributed by atoms with E-state index in [0.717, 1.165) is 0 Å². The summed E-state index contributed by atoms with van der Waals surface area (Å²) >= 11 is 0. The molecule has 3 N–H and O–H groups in total. The average Bonchev–Trinajstić information content (AvgIpc) is 2.78. The first-order chi connectivity index (χ1) is 15.2. The van der Waals surface area contributed by atoms with Crippen LogP contribution in [0.1, 0.15) is 39.6 Å². The van der Waals surface area contributed by atoms with Crippen molar-refractivity contribution in [2.75, 3.05) is 17.7 Å². The van der Waals surface area contributed by atoms with Gasteiger partial charge in [0.1, 0.15) is 11.6 Å². The number of ketones is 1. The maximum absolute atomic E-state index is 13.6. The molecule has 7 nitrogen and oxygen atoms in total. The molecule has 0 fully saturated rings. The predicted molar refractivity (Wildman–Crippen MR) is 114 cm³/mol. The van der Waals surface area contributed by atoms with Gasteiger partial charge in [-0.1, -0.05) is 19.1 Å². The highest BCUT2D eigenvalue weighted by Crippen LogP contribution is 2.37. The Hall–Kier alpha value is -3.95. The number of nitrogens with zero attached hydrogens (tertiary/aromatic N) is 2. The first kappa shape index (κ1) is 22.7. The molecule has 0 saturated heterocycles. The molecule has 32 heavy (non-hydrogen) atoms. The standard InChI is InChI=1S/C22H20F3N5O2/c1-3-18(31)13-8-9-27-19(10-13)30-20-11-17(15(12-28-20)22(23,24)25)29-16-7-5-4-6-14(16)21(32)26-2/h4-12H,3H2,1-2H3,(H,26,32)(H2,27,28,29,30). The second-order valence-electron chi connectivity index (χ2n) is 6.69. The lowest BCUT2D eigenvalue weighted by molar-refractivity contribution is -0.137. The highest BCUT2D eigenvalue weighted by molar-refractivity contribution is 6.00. The third kappa shape index (κ3) is 5.20. The molecule has 3 rings (SSSR count). The van der Waals surface area contributed by atoms with Crippen LogP contribution in [-0.4, -0.2) is 28.7 Å². The monoisotopic (exact) mass is 443 g/mol. The number of anilines is 4. The van der Waals surface area contributed by atoms with E-state index in [1.807, 2.05) is 0 Å². The molecule has 0 radical (unpaired) electrons. The van der Waals surface area contributed by atoms with Gasteiger partial charge in [-0.25, -0.2) is 9.97 Å². The number of benzene rings is 1. The van der Waals surface area contributed by atoms with Gasteiger partial charge < -0.3 is 16.0 Å². The van der Waals surface area contributed by atoms with Crippen molar-refractivity contribution in [3.8, 4) is 0 Å². The van der Waals surface area contributed by atoms with Crippen LogP contribution in [0, 0.1) is 0 Å². The van der Waals surface area contributed by atoms with Gasteiger partial charge >= 0.3 is 6.18 Å². The summed E-state index contributed by atoms with van der Waals surface area (Å²) in [5, 5.41) is 7.96. The van der Waals surface area contributed by atoms with Crippen LogP contribution in [0.4, 0.5) is 36.2 Å². The largest absolute Gasteiger partial charge is 0.419 e. The predicted octanol–water partition coefficient (Wildman–Crippen LogP) is 4.93. The Morgan fingerprint density at radius 2 is 1.69 bits per heavy atom. The minimum Gasteiger partial charge on any atom is -0.355 e. The first-order valence-corrected chi connectivity index (χ1v) is 9.64. The summed E-state index contributed by atoms with van der Waals surface area (Å²) in [4.78, 5) is 31.9. The molecule has 1 aromatic carbocycles. The number of Topliss-reactive ketones (excluding diaryl/α,β-unsaturated/α-hetero) is 1. The fourth-order valence-corrected chi connectivity index (χ4v) is 2.93. The van der Waals surface area contributed by atoms with Gasteiger partial charge in [0, 0.05) is 37.5 Å². The number of carbonyl (C=O) groups excluding carboxylic acids is 2. The van der Waals surface area contributed by atoms with E-state index >= 15 is 0 Å². The van der Waals surface area contributed by atoms with Crippen LogP contribution >= 0.6 is 0 Å². The fraction of sp³-hybridized carbons (Fsp3) is 0.182. The van der Waals surface area contributed by atoms with Crippen LogP contribution in [0.3, 0.4) is 0 Å². The molecule has 0 saturated carbocycles. The van der Waals surface area contributed by atoms with Gasteiger partial charge in [0.2, 0.25) is 0 Å². The summed E-state index contributed by atoms with van der Waals surface area (Å²) in [6.07, 6.45) is -2.26. The zero-order chi connectivity index (χ0) is 23.3. The molecule has 0 atom stereocenters. The molecule has 0 aliphatic heterocycles. The molecule has 2 aromatic heterocycles. The van der Waals surface area contributed by atoms with Crippen molar-refractivity contribution in [1.29, 1.82) is 0 Å². The van der Waals surface area contributed by atoms with E-state index in [1.54, 1.807) is 25.1 Å².